The SMILES string of the molecule is c1cc2c(cc1C1CCCN1CCN1CCCCC1)OCCO2. The summed E-state index contributed by atoms with van der Waals surface area (Å²) >= 11 is 0. The normalized spacial score (nSPS) is 25.7. The zero-order valence-electron chi connectivity index (χ0n) is 14.0. The molecule has 0 spiro atoms. The van der Waals surface area contributed by atoms with Crippen LogP contribution >= 0.6 is 0 Å². The van der Waals surface area contributed by atoms with Crippen LogP contribution < -0.4 is 9.47 Å². The zero-order valence-corrected chi connectivity index (χ0v) is 14.0. The van der Waals surface area contributed by atoms with Crippen LogP contribution in [0.4, 0.5) is 0 Å². The molecule has 1 aromatic carbocycles. The minimum absolute atomic E-state index is 0.551. The summed E-state index contributed by atoms with van der Waals surface area (Å²) in [5.41, 5.74) is 1.39. The van der Waals surface area contributed by atoms with Crippen molar-refractivity contribution in [2.45, 2.75) is 38.1 Å². The van der Waals surface area contributed by atoms with Crippen LogP contribution in [-0.4, -0.2) is 55.7 Å². The van der Waals surface area contributed by atoms with Crippen LogP contribution in [0.3, 0.4) is 0 Å². The van der Waals surface area contributed by atoms with Gasteiger partial charge in [-0.3, -0.25) is 4.90 Å². The molecule has 1 atom stereocenters. The second-order valence-electron chi connectivity index (χ2n) is 7.00. The van der Waals surface area contributed by atoms with E-state index in [1.165, 1.54) is 70.4 Å². The first-order chi connectivity index (χ1) is 11.4. The lowest BCUT2D eigenvalue weighted by molar-refractivity contribution is 0.167. The minimum Gasteiger partial charge on any atom is -0.486 e. The van der Waals surface area contributed by atoms with Crippen molar-refractivity contribution < 1.29 is 9.47 Å². The Bertz CT molecular complexity index is 528. The Morgan fingerprint density at radius 1 is 0.870 bits per heavy atom. The van der Waals surface area contributed by atoms with Gasteiger partial charge in [-0.2, -0.15) is 0 Å². The number of hydrogen-bond acceptors (Lipinski definition) is 4. The maximum Gasteiger partial charge on any atom is 0.161 e. The molecule has 23 heavy (non-hydrogen) atoms. The molecular weight excluding hydrogens is 288 g/mol. The molecule has 3 aliphatic heterocycles. The van der Waals surface area contributed by atoms with Crippen LogP contribution in [0.1, 0.15) is 43.7 Å². The number of ether oxygens (including phenoxy) is 2. The van der Waals surface area contributed by atoms with E-state index in [2.05, 4.69) is 28.0 Å². The second-order valence-corrected chi connectivity index (χ2v) is 7.00. The first-order valence-corrected chi connectivity index (χ1v) is 9.26. The van der Waals surface area contributed by atoms with Gasteiger partial charge in [-0.25, -0.2) is 0 Å². The molecule has 0 amide bonds. The van der Waals surface area contributed by atoms with Gasteiger partial charge < -0.3 is 14.4 Å². The lowest BCUT2D eigenvalue weighted by Gasteiger charge is -2.31. The summed E-state index contributed by atoms with van der Waals surface area (Å²) in [7, 11) is 0. The Balaban J connectivity index is 1.40. The molecule has 1 aromatic rings. The van der Waals surface area contributed by atoms with Gasteiger partial charge in [0, 0.05) is 19.1 Å². The van der Waals surface area contributed by atoms with Crippen LogP contribution in [0, 0.1) is 0 Å². The number of rotatable bonds is 4. The first-order valence-electron chi connectivity index (χ1n) is 9.26. The van der Waals surface area contributed by atoms with E-state index in [9.17, 15) is 0 Å². The summed E-state index contributed by atoms with van der Waals surface area (Å²) in [4.78, 5) is 5.31. The fourth-order valence-corrected chi connectivity index (χ4v) is 4.19. The second kappa shape index (κ2) is 7.10. The van der Waals surface area contributed by atoms with E-state index in [-0.39, 0.29) is 0 Å². The molecule has 0 N–H and O–H groups in total. The largest absolute Gasteiger partial charge is 0.486 e. The van der Waals surface area contributed by atoms with Crippen LogP contribution in [0.5, 0.6) is 11.5 Å². The summed E-state index contributed by atoms with van der Waals surface area (Å²) in [5, 5.41) is 0. The molecule has 126 valence electrons. The minimum atomic E-state index is 0.551. The summed E-state index contributed by atoms with van der Waals surface area (Å²) < 4.78 is 11.4. The van der Waals surface area contributed by atoms with E-state index in [1.54, 1.807) is 0 Å². The third-order valence-corrected chi connectivity index (χ3v) is 5.47. The standard InChI is InChI=1S/C19H28N2O2/c1-2-8-20(9-3-1)11-12-21-10-4-5-17(21)16-6-7-18-19(15-16)23-14-13-22-18/h6-7,15,17H,1-5,8-14H2. The molecule has 2 fully saturated rings. The monoisotopic (exact) mass is 316 g/mol. The van der Waals surface area contributed by atoms with Gasteiger partial charge in [-0.15, -0.1) is 0 Å². The number of fused-ring (bicyclic) bond motifs is 1. The third-order valence-electron chi connectivity index (χ3n) is 5.47. The number of piperidine rings is 1. The summed E-state index contributed by atoms with van der Waals surface area (Å²) in [6, 6.07) is 7.08. The Labute approximate surface area is 139 Å². The van der Waals surface area contributed by atoms with Gasteiger partial charge in [0.2, 0.25) is 0 Å². The fourth-order valence-electron chi connectivity index (χ4n) is 4.19. The molecule has 3 aliphatic rings. The van der Waals surface area contributed by atoms with E-state index in [0.717, 1.165) is 11.5 Å². The number of benzene rings is 1. The zero-order chi connectivity index (χ0) is 15.5. The molecule has 0 radical (unpaired) electrons. The Hall–Kier alpha value is -1.26. The van der Waals surface area contributed by atoms with E-state index in [0.29, 0.717) is 19.3 Å². The molecule has 2 saturated heterocycles. The Morgan fingerprint density at radius 3 is 2.57 bits per heavy atom. The summed E-state index contributed by atoms with van der Waals surface area (Å²) in [6.07, 6.45) is 6.75. The van der Waals surface area contributed by atoms with Crippen molar-refractivity contribution in [1.29, 1.82) is 0 Å². The Morgan fingerprint density at radius 2 is 1.70 bits per heavy atom. The van der Waals surface area contributed by atoms with Crippen LogP contribution in [-0.2, 0) is 0 Å². The van der Waals surface area contributed by atoms with E-state index < -0.39 is 0 Å². The molecular formula is C19H28N2O2. The van der Waals surface area contributed by atoms with Gasteiger partial charge in [0.1, 0.15) is 13.2 Å². The maximum absolute atomic E-state index is 5.76. The van der Waals surface area contributed by atoms with Crippen molar-refractivity contribution in [3.8, 4) is 11.5 Å². The predicted molar refractivity (Wildman–Crippen MR) is 91.3 cm³/mol. The molecule has 3 heterocycles. The fraction of sp³-hybridized carbons (Fsp3) is 0.684. The lowest BCUT2D eigenvalue weighted by atomic mass is 10.0. The average Bonchev–Trinajstić information content (AvgIpc) is 3.09. The smallest absolute Gasteiger partial charge is 0.161 e. The van der Waals surface area contributed by atoms with Gasteiger partial charge in [0.05, 0.1) is 0 Å². The van der Waals surface area contributed by atoms with E-state index >= 15 is 0 Å². The molecule has 4 rings (SSSR count). The third kappa shape index (κ3) is 3.48. The lowest BCUT2D eigenvalue weighted by Crippen LogP contribution is -2.37. The van der Waals surface area contributed by atoms with Gasteiger partial charge in [-0.1, -0.05) is 12.5 Å². The van der Waals surface area contributed by atoms with Gasteiger partial charge in [0.25, 0.3) is 0 Å². The predicted octanol–water partition coefficient (Wildman–Crippen LogP) is 3.08. The Kier molecular flexibility index (Phi) is 4.72. The topological polar surface area (TPSA) is 24.9 Å². The van der Waals surface area contributed by atoms with Crippen molar-refractivity contribution in [2.75, 3.05) is 45.9 Å². The molecule has 1 unspecified atom stereocenters. The molecule has 0 aliphatic carbocycles. The maximum atomic E-state index is 5.76. The highest BCUT2D eigenvalue weighted by Gasteiger charge is 2.27. The molecule has 4 heteroatoms. The van der Waals surface area contributed by atoms with E-state index in [4.69, 9.17) is 9.47 Å². The number of likely N-dealkylation sites (tertiary alicyclic amines) is 2. The average molecular weight is 316 g/mol. The van der Waals surface area contributed by atoms with Gasteiger partial charge in [-0.05, 0) is 63.0 Å². The van der Waals surface area contributed by atoms with Crippen molar-refractivity contribution in [2.24, 2.45) is 0 Å². The van der Waals surface area contributed by atoms with Crippen LogP contribution in [0.2, 0.25) is 0 Å². The van der Waals surface area contributed by atoms with Crippen molar-refractivity contribution >= 4 is 0 Å². The number of hydrogen-bond donors (Lipinski definition) is 0. The van der Waals surface area contributed by atoms with E-state index in [1.807, 2.05) is 0 Å². The van der Waals surface area contributed by atoms with Crippen molar-refractivity contribution in [3.63, 3.8) is 0 Å². The van der Waals surface area contributed by atoms with Gasteiger partial charge >= 0.3 is 0 Å². The molecule has 0 saturated carbocycles. The quantitative estimate of drug-likeness (QED) is 0.852. The first kappa shape index (κ1) is 15.3. The highest BCUT2D eigenvalue weighted by molar-refractivity contribution is 5.44. The summed E-state index contributed by atoms with van der Waals surface area (Å²) in [5.74, 6) is 1.83. The molecule has 4 nitrogen and oxygen atoms in total. The van der Waals surface area contributed by atoms with Crippen LogP contribution in [0.15, 0.2) is 18.2 Å². The highest BCUT2D eigenvalue weighted by atomic mass is 16.6. The number of nitrogens with zero attached hydrogens (tertiary/aromatic N) is 2. The summed E-state index contributed by atoms with van der Waals surface area (Å²) in [6.45, 7) is 7.57. The molecule has 0 aromatic heterocycles. The van der Waals surface area contributed by atoms with Gasteiger partial charge in [0.15, 0.2) is 11.5 Å². The van der Waals surface area contributed by atoms with Crippen LogP contribution in [0.25, 0.3) is 0 Å². The highest BCUT2D eigenvalue weighted by Crippen LogP contribution is 2.37. The molecule has 0 bridgehead atoms. The van der Waals surface area contributed by atoms with Crippen molar-refractivity contribution in [3.05, 3.63) is 23.8 Å². The van der Waals surface area contributed by atoms with Crippen molar-refractivity contribution in [1.82, 2.24) is 9.80 Å².